The monoisotopic (exact) mass is 824 g/mol. The van der Waals surface area contributed by atoms with E-state index in [2.05, 4.69) is 13.8 Å². The number of ketones is 1. The van der Waals surface area contributed by atoms with Crippen LogP contribution in [0.5, 0.6) is 11.5 Å². The molecule has 10 nitrogen and oxygen atoms in total. The van der Waals surface area contributed by atoms with Crippen LogP contribution in [0, 0.1) is 0 Å². The zero-order valence-electron chi connectivity index (χ0n) is 37.5. The molecule has 0 aromatic heterocycles. The summed E-state index contributed by atoms with van der Waals surface area (Å²) < 4.78 is 22.6. The molecule has 0 saturated heterocycles. The molecule has 0 saturated carbocycles. The topological polar surface area (TPSA) is 115 Å². The van der Waals surface area contributed by atoms with Crippen LogP contribution in [-0.4, -0.2) is 69.3 Å². The third-order valence-corrected chi connectivity index (χ3v) is 9.35. The zero-order chi connectivity index (χ0) is 44.3. The molecule has 4 aromatic rings. The molecule has 10 heteroatoms. The predicted molar refractivity (Wildman–Crippen MR) is 238 cm³/mol. The highest BCUT2D eigenvalue weighted by Gasteiger charge is 2.29. The molecule has 60 heavy (non-hydrogen) atoms. The summed E-state index contributed by atoms with van der Waals surface area (Å²) in [5, 5.41) is 10.8. The molecule has 0 fully saturated rings. The van der Waals surface area contributed by atoms with Gasteiger partial charge in [0.1, 0.15) is 35.9 Å². The van der Waals surface area contributed by atoms with E-state index in [1.54, 1.807) is 29.2 Å². The molecule has 0 aliphatic carbocycles. The average Bonchev–Trinajstić information content (AvgIpc) is 3.20. The fraction of sp³-hybridized carbons (Fsp3) is 0.460. The zero-order valence-corrected chi connectivity index (χ0v) is 37.5. The van der Waals surface area contributed by atoms with Crippen molar-refractivity contribution in [2.75, 3.05) is 13.1 Å². The van der Waals surface area contributed by atoms with Gasteiger partial charge in [-0.25, -0.2) is 9.59 Å². The van der Waals surface area contributed by atoms with Crippen molar-refractivity contribution < 1.29 is 38.4 Å². The van der Waals surface area contributed by atoms with Gasteiger partial charge in [0, 0.05) is 17.6 Å². The third kappa shape index (κ3) is 17.9. The van der Waals surface area contributed by atoms with Gasteiger partial charge < -0.3 is 29.0 Å². The van der Waals surface area contributed by atoms with Crippen LogP contribution in [0.25, 0.3) is 0 Å². The van der Waals surface area contributed by atoms with Gasteiger partial charge in [0.25, 0.3) is 0 Å². The lowest BCUT2D eigenvalue weighted by Crippen LogP contribution is -2.44. The van der Waals surface area contributed by atoms with Crippen molar-refractivity contribution in [2.45, 2.75) is 138 Å². The summed E-state index contributed by atoms with van der Waals surface area (Å²) in [6.07, 6.45) is 1.85. The Labute approximate surface area is 358 Å². The number of ether oxygens (including phenoxy) is 4. The van der Waals surface area contributed by atoms with Gasteiger partial charge in [-0.2, -0.15) is 0 Å². The SMILES string of the molecule is CCC[C@@H](C)N(CC(=O)c1ccc(OCc2ccccc2)cc1)C(=O)OC(C)(C)C.CCC[C@@H](C)N(C[C@H](O)c1ccc(OCc2ccccc2)cc1)C(=O)OC(C)(C)C. The quantitative estimate of drug-likeness (QED) is 0.0987. The predicted octanol–water partition coefficient (Wildman–Crippen LogP) is 11.6. The minimum Gasteiger partial charge on any atom is -0.489 e. The van der Waals surface area contributed by atoms with Crippen molar-refractivity contribution in [3.8, 4) is 11.5 Å². The second-order valence-corrected chi connectivity index (χ2v) is 17.1. The molecule has 0 radical (unpaired) electrons. The molecule has 0 aliphatic heterocycles. The van der Waals surface area contributed by atoms with Crippen molar-refractivity contribution in [1.29, 1.82) is 0 Å². The maximum Gasteiger partial charge on any atom is 0.410 e. The lowest BCUT2D eigenvalue weighted by Gasteiger charge is -2.33. The van der Waals surface area contributed by atoms with Gasteiger partial charge in [-0.05, 0) is 121 Å². The summed E-state index contributed by atoms with van der Waals surface area (Å²) in [6, 6.07) is 34.2. The van der Waals surface area contributed by atoms with Crippen LogP contribution in [0.1, 0.15) is 128 Å². The van der Waals surface area contributed by atoms with Crippen molar-refractivity contribution in [3.05, 3.63) is 131 Å². The van der Waals surface area contributed by atoms with E-state index in [0.29, 0.717) is 24.5 Å². The maximum atomic E-state index is 12.8. The number of carbonyl (C=O) groups excluding carboxylic acids is 3. The van der Waals surface area contributed by atoms with Crippen LogP contribution in [0.15, 0.2) is 109 Å². The number of Topliss-reactive ketones (excluding diaryl/α,β-unsaturated/α-hetero) is 1. The van der Waals surface area contributed by atoms with E-state index >= 15 is 0 Å². The van der Waals surface area contributed by atoms with Gasteiger partial charge in [0.15, 0.2) is 5.78 Å². The van der Waals surface area contributed by atoms with Gasteiger partial charge in [-0.15, -0.1) is 0 Å². The highest BCUT2D eigenvalue weighted by molar-refractivity contribution is 5.99. The number of hydrogen-bond acceptors (Lipinski definition) is 8. The molecular weight excluding hydrogens is 757 g/mol. The highest BCUT2D eigenvalue weighted by Crippen LogP contribution is 2.23. The lowest BCUT2D eigenvalue weighted by atomic mass is 10.1. The van der Waals surface area contributed by atoms with Crippen LogP contribution >= 0.6 is 0 Å². The van der Waals surface area contributed by atoms with Gasteiger partial charge in [0.2, 0.25) is 0 Å². The summed E-state index contributed by atoms with van der Waals surface area (Å²) in [6.45, 7) is 20.2. The molecule has 3 atom stereocenters. The molecule has 1 N–H and O–H groups in total. The van der Waals surface area contributed by atoms with Crippen molar-refractivity contribution in [2.24, 2.45) is 0 Å². The van der Waals surface area contributed by atoms with E-state index in [4.69, 9.17) is 18.9 Å². The Kier molecular flexibility index (Phi) is 19.6. The minimum absolute atomic E-state index is 0.0136. The Hall–Kier alpha value is -5.35. The largest absolute Gasteiger partial charge is 0.489 e. The van der Waals surface area contributed by atoms with Crippen LogP contribution in [-0.2, 0) is 22.7 Å². The van der Waals surface area contributed by atoms with E-state index in [1.807, 2.05) is 140 Å². The van der Waals surface area contributed by atoms with Crippen LogP contribution in [0.4, 0.5) is 9.59 Å². The second kappa shape index (κ2) is 24.0. The number of nitrogens with zero attached hydrogens (tertiary/aromatic N) is 2. The fourth-order valence-electron chi connectivity index (χ4n) is 6.17. The van der Waals surface area contributed by atoms with Gasteiger partial charge in [-0.1, -0.05) is 99.5 Å². The second-order valence-electron chi connectivity index (χ2n) is 17.1. The van der Waals surface area contributed by atoms with Crippen molar-refractivity contribution in [3.63, 3.8) is 0 Å². The minimum atomic E-state index is -0.806. The Morgan fingerprint density at radius 1 is 0.583 bits per heavy atom. The first-order valence-electron chi connectivity index (χ1n) is 21.1. The standard InChI is InChI=1S/C25H35NO4.C25H33NO4/c2*1-6-10-19(2)26(24(28)30-25(3,4)5)17-23(27)21-13-15-22(16-14-21)29-18-20-11-8-7-9-12-20/h7-9,11-16,19,23,27H,6,10,17-18H2,1-5H3;7-9,11-16,19H,6,10,17-18H2,1-5H3/t19-,23+;19-/m11/s1. The smallest absolute Gasteiger partial charge is 0.410 e. The number of aliphatic hydroxyl groups excluding tert-OH is 1. The molecule has 0 heterocycles. The molecule has 0 bridgehead atoms. The Morgan fingerprint density at radius 2 is 0.983 bits per heavy atom. The van der Waals surface area contributed by atoms with E-state index in [9.17, 15) is 19.5 Å². The summed E-state index contributed by atoms with van der Waals surface area (Å²) in [4.78, 5) is 41.3. The molecule has 2 amide bonds. The molecule has 326 valence electrons. The number of hydrogen-bond donors (Lipinski definition) is 1. The van der Waals surface area contributed by atoms with Gasteiger partial charge in [0.05, 0.1) is 19.2 Å². The first kappa shape index (κ1) is 49.0. The summed E-state index contributed by atoms with van der Waals surface area (Å²) in [7, 11) is 0. The number of carbonyl (C=O) groups is 3. The third-order valence-electron chi connectivity index (χ3n) is 9.35. The first-order valence-corrected chi connectivity index (χ1v) is 21.1. The number of rotatable bonds is 18. The highest BCUT2D eigenvalue weighted by atomic mass is 16.6. The van der Waals surface area contributed by atoms with E-state index in [-0.39, 0.29) is 31.0 Å². The lowest BCUT2D eigenvalue weighted by molar-refractivity contribution is 0.00446. The van der Waals surface area contributed by atoms with Crippen LogP contribution in [0.2, 0.25) is 0 Å². The van der Waals surface area contributed by atoms with Gasteiger partial charge in [-0.3, -0.25) is 9.69 Å². The summed E-state index contributed by atoms with van der Waals surface area (Å²) in [5.74, 6) is 1.30. The Morgan fingerprint density at radius 3 is 1.40 bits per heavy atom. The van der Waals surface area contributed by atoms with Crippen LogP contribution < -0.4 is 9.47 Å². The Bertz CT molecular complexity index is 1850. The maximum absolute atomic E-state index is 12.8. The number of benzene rings is 4. The van der Waals surface area contributed by atoms with Gasteiger partial charge >= 0.3 is 12.2 Å². The van der Waals surface area contributed by atoms with Crippen LogP contribution in [0.3, 0.4) is 0 Å². The normalized spacial score (nSPS) is 12.8. The average molecular weight is 825 g/mol. The van der Waals surface area contributed by atoms with E-state index in [0.717, 1.165) is 48.1 Å². The molecule has 4 aromatic carbocycles. The Balaban J connectivity index is 0.000000320. The molecule has 0 spiro atoms. The van der Waals surface area contributed by atoms with Crippen molar-refractivity contribution in [1.82, 2.24) is 9.80 Å². The van der Waals surface area contributed by atoms with E-state index < -0.39 is 29.5 Å². The number of aliphatic hydroxyl groups is 1. The number of amides is 2. The fourth-order valence-corrected chi connectivity index (χ4v) is 6.17. The first-order chi connectivity index (χ1) is 28.4. The summed E-state index contributed by atoms with van der Waals surface area (Å²) >= 11 is 0. The molecule has 0 aliphatic rings. The summed E-state index contributed by atoms with van der Waals surface area (Å²) in [5.41, 5.74) is 2.26. The van der Waals surface area contributed by atoms with Crippen molar-refractivity contribution >= 4 is 18.0 Å². The molecule has 0 unspecified atom stereocenters. The molecule has 4 rings (SSSR count). The molecular formula is C50H68N2O8. The van der Waals surface area contributed by atoms with E-state index in [1.165, 1.54) is 4.90 Å².